The van der Waals surface area contributed by atoms with Gasteiger partial charge in [0.1, 0.15) is 29.7 Å². The molecule has 4 heterocycles. The van der Waals surface area contributed by atoms with Gasteiger partial charge in [0.2, 0.25) is 11.8 Å². The highest BCUT2D eigenvalue weighted by Crippen LogP contribution is 2.64. The molecule has 11 nitrogen and oxygen atoms in total. The van der Waals surface area contributed by atoms with Gasteiger partial charge in [0.25, 0.3) is 0 Å². The normalized spacial score (nSPS) is 28.6. The van der Waals surface area contributed by atoms with E-state index < -0.39 is 53.6 Å². The van der Waals surface area contributed by atoms with Gasteiger partial charge in [0.05, 0.1) is 36.3 Å². The lowest BCUT2D eigenvalue weighted by atomic mass is 9.66. The lowest BCUT2D eigenvalue weighted by Gasteiger charge is -2.39. The molecule has 0 aliphatic carbocycles. The number of para-hydroxylation sites is 1. The first-order valence-corrected chi connectivity index (χ1v) is 14.3. The number of fused-ring (bicyclic) bond motifs is 2. The molecule has 1 spiro atoms. The van der Waals surface area contributed by atoms with Crippen LogP contribution in [0.15, 0.2) is 67.3 Å². The third kappa shape index (κ3) is 4.13. The van der Waals surface area contributed by atoms with Gasteiger partial charge in [-0.05, 0) is 44.4 Å². The Hall–Kier alpha value is -4.09. The number of hydrogen-bond acceptors (Lipinski definition) is 8. The molecule has 3 saturated heterocycles. The second-order valence-corrected chi connectivity index (χ2v) is 11.4. The fraction of sp³-hybridized carbons (Fsp3) is 0.452. The number of aromatic nitrogens is 3. The van der Waals surface area contributed by atoms with Crippen LogP contribution >= 0.6 is 0 Å². The van der Waals surface area contributed by atoms with Gasteiger partial charge >= 0.3 is 5.97 Å². The maximum absolute atomic E-state index is 14.8. The molecule has 3 aromatic rings. The number of likely N-dealkylation sites (tertiary alicyclic amines) is 1. The molecule has 3 aliphatic heterocycles. The third-order valence-electron chi connectivity index (χ3n) is 9.07. The van der Waals surface area contributed by atoms with Crippen molar-refractivity contribution in [2.24, 2.45) is 11.8 Å². The zero-order valence-corrected chi connectivity index (χ0v) is 23.8. The molecule has 2 aromatic carbocycles. The molecule has 0 saturated carbocycles. The quantitative estimate of drug-likeness (QED) is 0.290. The van der Waals surface area contributed by atoms with Crippen LogP contribution in [0, 0.1) is 11.8 Å². The molecule has 42 heavy (non-hydrogen) atoms. The van der Waals surface area contributed by atoms with E-state index in [1.54, 1.807) is 22.6 Å². The van der Waals surface area contributed by atoms with Crippen molar-refractivity contribution in [3.63, 3.8) is 0 Å². The number of rotatable bonds is 10. The van der Waals surface area contributed by atoms with Crippen molar-refractivity contribution in [1.29, 1.82) is 0 Å². The fourth-order valence-corrected chi connectivity index (χ4v) is 7.33. The van der Waals surface area contributed by atoms with Crippen molar-refractivity contribution in [3.8, 4) is 0 Å². The predicted molar refractivity (Wildman–Crippen MR) is 151 cm³/mol. The topological polar surface area (TPSA) is 127 Å². The summed E-state index contributed by atoms with van der Waals surface area (Å²) in [4.78, 5) is 45.6. The molecule has 3 aliphatic rings. The van der Waals surface area contributed by atoms with Gasteiger partial charge in [-0.25, -0.2) is 4.68 Å². The summed E-state index contributed by atoms with van der Waals surface area (Å²) in [6, 6.07) is 14.6. The largest absolute Gasteiger partial charge is 0.466 e. The monoisotopic (exact) mass is 573 g/mol. The van der Waals surface area contributed by atoms with Crippen LogP contribution in [0.4, 0.5) is 0 Å². The molecule has 220 valence electrons. The molecular weight excluding hydrogens is 538 g/mol. The zero-order chi connectivity index (χ0) is 29.6. The summed E-state index contributed by atoms with van der Waals surface area (Å²) in [5.41, 5.74) is -0.114. The van der Waals surface area contributed by atoms with E-state index in [0.717, 1.165) is 5.52 Å². The van der Waals surface area contributed by atoms with E-state index in [4.69, 9.17) is 9.47 Å². The Morgan fingerprint density at radius 1 is 1.21 bits per heavy atom. The molecule has 1 N–H and O–H groups in total. The van der Waals surface area contributed by atoms with Gasteiger partial charge in [-0.1, -0.05) is 53.8 Å². The van der Waals surface area contributed by atoms with E-state index in [1.165, 1.54) is 4.90 Å². The molecule has 6 atom stereocenters. The predicted octanol–water partition coefficient (Wildman–Crippen LogP) is 2.46. The number of nitrogens with zero attached hydrogens (tertiary/aromatic N) is 5. The van der Waals surface area contributed by atoms with E-state index in [9.17, 15) is 19.5 Å². The average molecular weight is 574 g/mol. The van der Waals surface area contributed by atoms with Gasteiger partial charge in [-0.3, -0.25) is 14.4 Å². The number of carbonyl (C=O) groups excluding carboxylic acids is 3. The van der Waals surface area contributed by atoms with Gasteiger partial charge in [-0.2, -0.15) is 0 Å². The van der Waals surface area contributed by atoms with Gasteiger partial charge in [-0.15, -0.1) is 11.7 Å². The van der Waals surface area contributed by atoms with E-state index >= 15 is 0 Å². The van der Waals surface area contributed by atoms with Gasteiger partial charge in [0.15, 0.2) is 0 Å². The van der Waals surface area contributed by atoms with Crippen molar-refractivity contribution >= 4 is 28.8 Å². The van der Waals surface area contributed by atoms with Crippen LogP contribution in [-0.4, -0.2) is 84.7 Å². The fourth-order valence-electron chi connectivity index (χ4n) is 7.33. The Morgan fingerprint density at radius 3 is 2.67 bits per heavy atom. The van der Waals surface area contributed by atoms with Gasteiger partial charge < -0.3 is 24.4 Å². The Balaban J connectivity index is 1.46. The Bertz CT molecular complexity index is 1530. The van der Waals surface area contributed by atoms with Crippen LogP contribution in [-0.2, 0) is 30.5 Å². The maximum Gasteiger partial charge on any atom is 0.312 e. The lowest BCUT2D eigenvalue weighted by Crippen LogP contribution is -2.57. The molecule has 2 amide bonds. The van der Waals surface area contributed by atoms with Crippen LogP contribution in [0.5, 0.6) is 0 Å². The van der Waals surface area contributed by atoms with E-state index in [0.29, 0.717) is 23.9 Å². The number of hydrogen-bond donors (Lipinski definition) is 1. The van der Waals surface area contributed by atoms with Crippen LogP contribution < -0.4 is 0 Å². The second-order valence-electron chi connectivity index (χ2n) is 11.4. The minimum Gasteiger partial charge on any atom is -0.466 e. The Labute approximate surface area is 243 Å². The summed E-state index contributed by atoms with van der Waals surface area (Å²) in [5.74, 6) is -3.10. The third-order valence-corrected chi connectivity index (χ3v) is 9.07. The summed E-state index contributed by atoms with van der Waals surface area (Å²) >= 11 is 0. The minimum atomic E-state index is -1.27. The number of amides is 2. The molecule has 0 radical (unpaired) electrons. The summed E-state index contributed by atoms with van der Waals surface area (Å²) in [6.07, 6.45) is 2.51. The van der Waals surface area contributed by atoms with Crippen molar-refractivity contribution in [3.05, 3.63) is 72.8 Å². The number of aliphatic hydroxyl groups excluding tert-OH is 1. The van der Waals surface area contributed by atoms with Crippen LogP contribution in [0.1, 0.15) is 38.3 Å². The molecule has 1 aromatic heterocycles. The van der Waals surface area contributed by atoms with Crippen molar-refractivity contribution in [2.45, 2.75) is 56.6 Å². The van der Waals surface area contributed by atoms with Crippen LogP contribution in [0.2, 0.25) is 0 Å². The highest BCUT2D eigenvalue weighted by atomic mass is 16.6. The average Bonchev–Trinajstić information content (AvgIpc) is 3.70. The molecule has 11 heteroatoms. The first kappa shape index (κ1) is 28.0. The van der Waals surface area contributed by atoms with Crippen molar-refractivity contribution < 1.29 is 29.0 Å². The molecule has 2 unspecified atom stereocenters. The number of carbonyl (C=O) groups is 3. The van der Waals surface area contributed by atoms with E-state index in [2.05, 4.69) is 16.9 Å². The first-order chi connectivity index (χ1) is 20.3. The molecular formula is C31H35N5O6. The maximum atomic E-state index is 14.8. The molecule has 2 bridgehead atoms. The SMILES string of the molecule is C=CCN(Cn1nnc2ccccc21)C(=O)C1N([C@H](CO)c2ccccc2)C(=O)[C@@H]2[C@H](C(=O)OCC)[C@]3(C)CCC12O3. The van der Waals surface area contributed by atoms with Crippen molar-refractivity contribution in [1.82, 2.24) is 24.8 Å². The minimum absolute atomic E-state index is 0.0539. The highest BCUT2D eigenvalue weighted by Gasteiger charge is 2.79. The standard InChI is InChI=1S/C31H35N5O6/c1-4-17-34(19-35-22-14-10-9-13-21(22)32-33-35)28(39)26-31-16-15-30(3,42-31)25(29(40)41-5-2)24(31)27(38)36(26)23(18-37)20-11-7-6-8-12-20/h4,6-14,23-26,37H,1,5,15-19H2,2-3H3/t23-,24+,25-,26?,30+,31?/m1/s1. The number of benzene rings is 2. The van der Waals surface area contributed by atoms with Crippen molar-refractivity contribution in [2.75, 3.05) is 19.8 Å². The number of ether oxygens (including phenoxy) is 2. The van der Waals surface area contributed by atoms with Crippen LogP contribution in [0.3, 0.4) is 0 Å². The second kappa shape index (κ2) is 10.6. The highest BCUT2D eigenvalue weighted by molar-refractivity contribution is 5.98. The number of aliphatic hydroxyl groups is 1. The van der Waals surface area contributed by atoms with Crippen LogP contribution in [0.25, 0.3) is 11.0 Å². The smallest absolute Gasteiger partial charge is 0.312 e. The van der Waals surface area contributed by atoms with Gasteiger partial charge in [0, 0.05) is 6.54 Å². The molecule has 3 fully saturated rings. The van der Waals surface area contributed by atoms with E-state index in [1.807, 2.05) is 61.5 Å². The number of esters is 1. The Kier molecular flexibility index (Phi) is 7.10. The summed E-state index contributed by atoms with van der Waals surface area (Å²) < 4.78 is 13.8. The molecule has 6 rings (SSSR count). The lowest BCUT2D eigenvalue weighted by molar-refractivity contribution is -0.162. The summed E-state index contributed by atoms with van der Waals surface area (Å²) in [6.45, 7) is 7.37. The van der Waals surface area contributed by atoms with E-state index in [-0.39, 0.29) is 25.7 Å². The zero-order valence-electron chi connectivity index (χ0n) is 23.8. The first-order valence-electron chi connectivity index (χ1n) is 14.3. The summed E-state index contributed by atoms with van der Waals surface area (Å²) in [5, 5.41) is 19.2. The Morgan fingerprint density at radius 2 is 1.95 bits per heavy atom. The summed E-state index contributed by atoms with van der Waals surface area (Å²) in [7, 11) is 0.